The minimum absolute atomic E-state index is 0.0629. The van der Waals surface area contributed by atoms with Crippen molar-refractivity contribution in [1.82, 2.24) is 0 Å². The molecule has 5 aromatic carbocycles. The molecule has 0 fully saturated rings. The first-order valence-corrected chi connectivity index (χ1v) is 36.7. The summed E-state index contributed by atoms with van der Waals surface area (Å²) in [7, 11) is 2.33. The molecule has 1 atom stereocenters. The molecule has 0 saturated heterocycles. The molecule has 101 heavy (non-hydrogen) atoms. The van der Waals surface area contributed by atoms with Crippen LogP contribution in [0.15, 0.2) is 66.7 Å². The zero-order chi connectivity index (χ0) is 77.6. The average Bonchev–Trinajstić information content (AvgIpc) is 0.804. The van der Waals surface area contributed by atoms with Crippen molar-refractivity contribution in [3.8, 4) is 28.7 Å². The third kappa shape index (κ3) is 25.1. The van der Waals surface area contributed by atoms with Crippen LogP contribution in [0.25, 0.3) is 0 Å². The maximum Gasteiger partial charge on any atom is 0.306 e. The maximum absolute atomic E-state index is 14.1. The molecule has 0 aromatic heterocycles. The largest absolute Gasteiger partial charge is 0.507 e. The van der Waals surface area contributed by atoms with E-state index in [2.05, 4.69) is 69.2 Å². The van der Waals surface area contributed by atoms with Crippen LogP contribution in [0, 0.1) is 5.41 Å². The Labute approximate surface area is 611 Å². The van der Waals surface area contributed by atoms with Gasteiger partial charge in [-0.1, -0.05) is 268 Å². The van der Waals surface area contributed by atoms with Crippen LogP contribution in [0.4, 0.5) is 0 Å². The SMILES string of the molecule is CC(C)(C)c1cc(CCC(=O)OCC(COC(=O)CCc2cc(C(C)(C)C)c(O)c(C(C)(C)C)c2)(COC(=O)CCc2cc(C(C)(C)C)c(O)c(C(C)(C)C)c2)COC(=O)CCc2cc(C(C)(C)C)c(O)c(C(C)(C)C)c2)cc(C(C)(C)C)c1O.CC(C)(C)c1ccc(OP)c(C(C)(C)C)c1. The predicted molar refractivity (Wildman–Crippen MR) is 416 cm³/mol. The van der Waals surface area contributed by atoms with E-state index in [0.29, 0.717) is 0 Å². The summed E-state index contributed by atoms with van der Waals surface area (Å²) in [6, 6.07) is 21.8. The average molecular weight is 1420 g/mol. The number of ether oxygens (including phenoxy) is 4. The molecule has 5 rings (SSSR count). The van der Waals surface area contributed by atoms with Gasteiger partial charge in [-0.2, -0.15) is 0 Å². The first-order chi connectivity index (χ1) is 45.6. The minimum Gasteiger partial charge on any atom is -0.507 e. The van der Waals surface area contributed by atoms with Crippen LogP contribution in [-0.2, 0) is 118 Å². The molecule has 0 bridgehead atoms. The highest BCUT2D eigenvalue weighted by Crippen LogP contribution is 2.45. The summed E-state index contributed by atoms with van der Waals surface area (Å²) in [5.41, 5.74) is 7.52. The molecule has 1 unspecified atom stereocenters. The Morgan fingerprint density at radius 1 is 0.287 bits per heavy atom. The summed E-state index contributed by atoms with van der Waals surface area (Å²) < 4.78 is 29.8. The molecule has 0 aliphatic carbocycles. The van der Waals surface area contributed by atoms with E-state index in [0.717, 1.165) is 72.5 Å². The topological polar surface area (TPSA) is 195 Å². The number of hydrogen-bond acceptors (Lipinski definition) is 13. The highest BCUT2D eigenvalue weighted by molar-refractivity contribution is 7.10. The van der Waals surface area contributed by atoms with Crippen LogP contribution in [0.2, 0.25) is 0 Å². The zero-order valence-corrected chi connectivity index (χ0v) is 69.0. The summed E-state index contributed by atoms with van der Waals surface area (Å²) in [4.78, 5) is 56.4. The highest BCUT2D eigenvalue weighted by atomic mass is 31.0. The molecule has 0 saturated carbocycles. The third-order valence-electron chi connectivity index (χ3n) is 18.6. The zero-order valence-electron chi connectivity index (χ0n) is 67.9. The number of carbonyl (C=O) groups is 4. The number of phenolic OH excluding ortho intramolecular Hbond substituents is 4. The quantitative estimate of drug-likeness (QED) is 0.0308. The van der Waals surface area contributed by atoms with Gasteiger partial charge in [0.2, 0.25) is 0 Å². The van der Waals surface area contributed by atoms with Gasteiger partial charge in [0.25, 0.3) is 0 Å². The van der Waals surface area contributed by atoms with E-state index < -0.39 is 99.0 Å². The van der Waals surface area contributed by atoms with Crippen molar-refractivity contribution >= 4 is 33.3 Å². The van der Waals surface area contributed by atoms with Gasteiger partial charge in [-0.15, -0.1) is 0 Å². The number of esters is 4. The second-order valence-electron chi connectivity index (χ2n) is 38.6. The lowest BCUT2D eigenvalue weighted by Crippen LogP contribution is -2.44. The summed E-state index contributed by atoms with van der Waals surface area (Å²) in [5, 5.41) is 45.7. The molecule has 562 valence electrons. The van der Waals surface area contributed by atoms with Gasteiger partial charge in [0, 0.05) is 31.2 Å². The second-order valence-corrected chi connectivity index (χ2v) is 38.9. The number of rotatable bonds is 21. The lowest BCUT2D eigenvalue weighted by atomic mass is 9.78. The molecular weight excluding hydrogens is 1280 g/mol. The Hall–Kier alpha value is -6.59. The molecule has 14 heteroatoms. The van der Waals surface area contributed by atoms with Gasteiger partial charge in [-0.05, 0) is 158 Å². The second kappa shape index (κ2) is 32.6. The number of aromatic hydroxyl groups is 4. The summed E-state index contributed by atoms with van der Waals surface area (Å²) >= 11 is 0. The molecule has 0 aliphatic rings. The maximum atomic E-state index is 14.1. The fourth-order valence-electron chi connectivity index (χ4n) is 12.1. The fourth-order valence-corrected chi connectivity index (χ4v) is 12.3. The Morgan fingerprint density at radius 2 is 0.475 bits per heavy atom. The lowest BCUT2D eigenvalue weighted by Gasteiger charge is -2.32. The van der Waals surface area contributed by atoms with E-state index in [-0.39, 0.29) is 85.2 Å². The first kappa shape index (κ1) is 86.8. The molecule has 0 radical (unpaired) electrons. The van der Waals surface area contributed by atoms with Crippen LogP contribution in [0.1, 0.15) is 311 Å². The van der Waals surface area contributed by atoms with Gasteiger partial charge >= 0.3 is 23.9 Å². The van der Waals surface area contributed by atoms with E-state index in [1.807, 2.05) is 215 Å². The Bertz CT molecular complexity index is 3150. The lowest BCUT2D eigenvalue weighted by molar-refractivity contribution is -0.170. The monoisotopic (exact) mass is 1410 g/mol. The molecule has 0 spiro atoms. The molecule has 5 aromatic rings. The number of phenols is 4. The van der Waals surface area contributed by atoms with Crippen molar-refractivity contribution in [2.75, 3.05) is 26.4 Å². The van der Waals surface area contributed by atoms with E-state index in [4.69, 9.17) is 23.5 Å². The van der Waals surface area contributed by atoms with Crippen molar-refractivity contribution < 1.29 is 63.1 Å². The van der Waals surface area contributed by atoms with Crippen molar-refractivity contribution in [3.63, 3.8) is 0 Å². The Balaban J connectivity index is 0.00000118. The summed E-state index contributed by atoms with van der Waals surface area (Å²) in [5.74, 6) is -0.540. The van der Waals surface area contributed by atoms with Gasteiger partial charge in [0.15, 0.2) is 0 Å². The highest BCUT2D eigenvalue weighted by Gasteiger charge is 2.39. The Kier molecular flexibility index (Phi) is 28.0. The molecule has 13 nitrogen and oxygen atoms in total. The van der Waals surface area contributed by atoms with Gasteiger partial charge < -0.3 is 43.9 Å². The van der Waals surface area contributed by atoms with Crippen LogP contribution in [0.5, 0.6) is 28.7 Å². The first-order valence-electron chi connectivity index (χ1n) is 36.2. The van der Waals surface area contributed by atoms with Crippen LogP contribution in [-0.4, -0.2) is 70.7 Å². The van der Waals surface area contributed by atoms with Gasteiger partial charge in [0.1, 0.15) is 60.6 Å². The minimum atomic E-state index is -1.58. The normalized spacial score (nSPS) is 13.1. The molecule has 0 aliphatic heterocycles. The smallest absolute Gasteiger partial charge is 0.306 e. The molecule has 4 N–H and O–H groups in total. The van der Waals surface area contributed by atoms with Crippen LogP contribution < -0.4 is 4.52 Å². The molecule has 0 amide bonds. The standard InChI is InChI=1S/C73H108O12.C14H23OP/c1-65(2,3)49-33-45(34-50(61(49)78)66(4,5)6)25-29-57(74)82-41-73(42-83-58(75)30-26-46-35-51(67(7,8)9)62(79)52(36-46)68(10,11)12,43-84-59(76)31-27-47-37-53(69(13,14)15)63(80)54(38-47)70(16,17)18)44-85-60(77)32-28-48-39-55(71(19,20)21)64(81)56(40-48)72(22,23)24;1-13(2,3)10-7-8-12(15-16)11(9-10)14(4,5)6/h33-40,78-81H,25-32,41-44H2,1-24H3;7-9H,16H2,1-6H3. The van der Waals surface area contributed by atoms with Gasteiger partial charge in [0.05, 0.1) is 9.47 Å². The predicted octanol–water partition coefficient (Wildman–Crippen LogP) is 20.3. The van der Waals surface area contributed by atoms with E-state index in [1.165, 1.54) is 11.1 Å². The van der Waals surface area contributed by atoms with E-state index >= 15 is 0 Å². The third-order valence-corrected chi connectivity index (χ3v) is 18.8. The van der Waals surface area contributed by atoms with Gasteiger partial charge in [-0.3, -0.25) is 19.2 Å². The number of benzene rings is 5. The number of carbonyl (C=O) groups excluding carboxylic acids is 4. The van der Waals surface area contributed by atoms with E-state index in [1.54, 1.807) is 0 Å². The van der Waals surface area contributed by atoms with Crippen molar-refractivity contribution in [3.05, 3.63) is 145 Å². The van der Waals surface area contributed by atoms with Gasteiger partial charge in [-0.25, -0.2) is 0 Å². The Morgan fingerprint density at radius 3 is 0.634 bits per heavy atom. The number of hydrogen-bond donors (Lipinski definition) is 4. The molecule has 0 heterocycles. The fraction of sp³-hybridized carbons (Fsp3) is 0.609. The van der Waals surface area contributed by atoms with Crippen molar-refractivity contribution in [2.24, 2.45) is 5.41 Å². The summed E-state index contributed by atoms with van der Waals surface area (Å²) in [6.07, 6.45) is 0.854. The summed E-state index contributed by atoms with van der Waals surface area (Å²) in [6.45, 7) is 60.1. The van der Waals surface area contributed by atoms with Crippen molar-refractivity contribution in [2.45, 2.75) is 313 Å². The van der Waals surface area contributed by atoms with Crippen molar-refractivity contribution in [1.29, 1.82) is 0 Å². The van der Waals surface area contributed by atoms with Crippen LogP contribution in [0.3, 0.4) is 0 Å². The molecular formula is C87H131O13P. The van der Waals surface area contributed by atoms with E-state index in [9.17, 15) is 39.6 Å². The van der Waals surface area contributed by atoms with Crippen LogP contribution >= 0.6 is 9.47 Å². The number of aryl methyl sites for hydroxylation is 4.